The number of carbonyl (C=O) groups is 1. The smallest absolute Gasteiger partial charge is 0.254 e. The van der Waals surface area contributed by atoms with E-state index in [-0.39, 0.29) is 18.3 Å². The monoisotopic (exact) mass is 368 g/mol. The minimum Gasteiger partial charge on any atom is -0.489 e. The van der Waals surface area contributed by atoms with Crippen LogP contribution in [0.15, 0.2) is 48.5 Å². The summed E-state index contributed by atoms with van der Waals surface area (Å²) in [6.45, 7) is 3.04. The third-order valence-corrected chi connectivity index (χ3v) is 5.61. The summed E-state index contributed by atoms with van der Waals surface area (Å²) in [5, 5.41) is 0. The van der Waals surface area contributed by atoms with Gasteiger partial charge in [-0.2, -0.15) is 0 Å². The van der Waals surface area contributed by atoms with E-state index in [2.05, 4.69) is 11.9 Å². The summed E-state index contributed by atoms with van der Waals surface area (Å²) in [7, 11) is 2.14. The van der Waals surface area contributed by atoms with Crippen molar-refractivity contribution in [1.29, 1.82) is 0 Å². The lowest BCUT2D eigenvalue weighted by atomic mass is 9.94. The van der Waals surface area contributed by atoms with Gasteiger partial charge in [-0.05, 0) is 56.1 Å². The van der Waals surface area contributed by atoms with Gasteiger partial charge in [0.05, 0.1) is 0 Å². The summed E-state index contributed by atoms with van der Waals surface area (Å²) >= 11 is 0. The van der Waals surface area contributed by atoms with Crippen molar-refractivity contribution in [2.45, 2.75) is 25.5 Å². The lowest BCUT2D eigenvalue weighted by Crippen LogP contribution is -2.47. The van der Waals surface area contributed by atoms with Gasteiger partial charge in [0.15, 0.2) is 0 Å². The number of piperidine rings is 1. The fraction of sp³-hybridized carbons (Fsp3) is 0.409. The van der Waals surface area contributed by atoms with Gasteiger partial charge in [-0.15, -0.1) is 0 Å². The molecule has 2 atom stereocenters. The van der Waals surface area contributed by atoms with Gasteiger partial charge in [0, 0.05) is 36.8 Å². The fourth-order valence-electron chi connectivity index (χ4n) is 4.20. The van der Waals surface area contributed by atoms with E-state index in [0.29, 0.717) is 28.8 Å². The summed E-state index contributed by atoms with van der Waals surface area (Å²) in [4.78, 5) is 17.4. The molecule has 1 amide bonds. The second kappa shape index (κ2) is 7.69. The van der Waals surface area contributed by atoms with Crippen LogP contribution in [-0.2, 0) is 6.61 Å². The van der Waals surface area contributed by atoms with E-state index in [1.165, 1.54) is 12.5 Å². The van der Waals surface area contributed by atoms with Gasteiger partial charge in [-0.3, -0.25) is 4.79 Å². The molecule has 5 rings (SSSR count). The largest absolute Gasteiger partial charge is 0.489 e. The van der Waals surface area contributed by atoms with E-state index in [1.807, 2.05) is 4.90 Å². The number of carbonyl (C=O) groups excluding carboxylic acids is 1. The van der Waals surface area contributed by atoms with Crippen molar-refractivity contribution in [2.24, 2.45) is 5.92 Å². The molecule has 3 aliphatic heterocycles. The highest BCUT2D eigenvalue weighted by Gasteiger charge is 2.36. The van der Waals surface area contributed by atoms with Crippen molar-refractivity contribution < 1.29 is 13.9 Å². The molecule has 0 unspecified atom stereocenters. The van der Waals surface area contributed by atoms with Gasteiger partial charge in [0.1, 0.15) is 18.2 Å². The normalized spacial score (nSPS) is 22.5. The van der Waals surface area contributed by atoms with E-state index in [1.54, 1.807) is 42.5 Å². The standard InChI is InChI=1S/C22H25FN2O2/c1-24-12-16-6-9-19(14-24)25(13-16)22(26)17-7-10-20(11-8-17)27-15-18-4-2-3-5-21(18)23/h2-5,7-8,10-11,16,19H,6,9,12-15H2,1H3/t16-,19+/m1/s1. The van der Waals surface area contributed by atoms with Gasteiger partial charge in [-0.25, -0.2) is 4.39 Å². The predicted octanol–water partition coefficient (Wildman–Crippen LogP) is 3.57. The maximum absolute atomic E-state index is 13.7. The average Bonchev–Trinajstić information content (AvgIpc) is 2.96. The van der Waals surface area contributed by atoms with Crippen LogP contribution in [0.5, 0.6) is 5.75 Å². The second-order valence-electron chi connectivity index (χ2n) is 7.68. The summed E-state index contributed by atoms with van der Waals surface area (Å²) < 4.78 is 19.3. The van der Waals surface area contributed by atoms with E-state index in [4.69, 9.17) is 4.74 Å². The number of benzene rings is 2. The minimum atomic E-state index is -0.273. The van der Waals surface area contributed by atoms with Gasteiger partial charge in [-0.1, -0.05) is 18.2 Å². The molecule has 3 aliphatic rings. The molecule has 0 spiro atoms. The molecule has 0 saturated carbocycles. The van der Waals surface area contributed by atoms with Crippen LogP contribution in [-0.4, -0.2) is 48.4 Å². The molecule has 0 aliphatic carbocycles. The van der Waals surface area contributed by atoms with Crippen molar-refractivity contribution in [1.82, 2.24) is 9.80 Å². The van der Waals surface area contributed by atoms with Crippen molar-refractivity contribution in [3.63, 3.8) is 0 Å². The topological polar surface area (TPSA) is 32.8 Å². The van der Waals surface area contributed by atoms with Crippen molar-refractivity contribution in [3.05, 3.63) is 65.5 Å². The SMILES string of the molecule is CN1C[C@H]2CC[C@@H](C1)N(C(=O)c1ccc(OCc3ccccc3F)cc1)C2. The van der Waals surface area contributed by atoms with Crippen LogP contribution in [0, 0.1) is 11.7 Å². The molecule has 27 heavy (non-hydrogen) atoms. The highest BCUT2D eigenvalue weighted by atomic mass is 19.1. The number of likely N-dealkylation sites (N-methyl/N-ethyl adjacent to an activating group) is 1. The summed E-state index contributed by atoms with van der Waals surface area (Å²) in [6, 6.07) is 14.1. The second-order valence-corrected chi connectivity index (χ2v) is 7.68. The highest BCUT2D eigenvalue weighted by Crippen LogP contribution is 2.29. The van der Waals surface area contributed by atoms with Gasteiger partial charge in [0.25, 0.3) is 5.91 Å². The molecule has 5 heteroatoms. The summed E-state index contributed by atoms with van der Waals surface area (Å²) in [6.07, 6.45) is 2.30. The summed E-state index contributed by atoms with van der Waals surface area (Å²) in [5.41, 5.74) is 1.20. The zero-order valence-corrected chi connectivity index (χ0v) is 15.6. The Hall–Kier alpha value is -2.40. The molecule has 3 heterocycles. The quantitative estimate of drug-likeness (QED) is 0.827. The molecule has 0 aromatic heterocycles. The number of hydrogen-bond donors (Lipinski definition) is 0. The maximum atomic E-state index is 13.7. The van der Waals surface area contributed by atoms with Crippen LogP contribution in [0.1, 0.15) is 28.8 Å². The zero-order valence-electron chi connectivity index (χ0n) is 15.6. The molecule has 2 aromatic carbocycles. The number of hydrogen-bond acceptors (Lipinski definition) is 3. The van der Waals surface area contributed by atoms with Crippen LogP contribution in [0.2, 0.25) is 0 Å². The Balaban J connectivity index is 1.41. The first-order valence-electron chi connectivity index (χ1n) is 9.56. The van der Waals surface area contributed by atoms with Crippen molar-refractivity contribution >= 4 is 5.91 Å². The molecular formula is C22H25FN2O2. The molecule has 2 aromatic rings. The van der Waals surface area contributed by atoms with E-state index >= 15 is 0 Å². The first kappa shape index (κ1) is 18.0. The van der Waals surface area contributed by atoms with Gasteiger partial charge >= 0.3 is 0 Å². The Morgan fingerprint density at radius 1 is 1.07 bits per heavy atom. The van der Waals surface area contributed by atoms with Crippen molar-refractivity contribution in [3.8, 4) is 5.75 Å². The molecule has 2 bridgehead atoms. The van der Waals surface area contributed by atoms with Crippen molar-refractivity contribution in [2.75, 3.05) is 26.7 Å². The first-order chi connectivity index (χ1) is 13.1. The number of ether oxygens (including phenoxy) is 1. The lowest BCUT2D eigenvalue weighted by molar-refractivity contribution is 0.0587. The molecule has 3 fully saturated rings. The Labute approximate surface area is 159 Å². The Kier molecular flexibility index (Phi) is 5.12. The van der Waals surface area contributed by atoms with E-state index in [0.717, 1.165) is 26.1 Å². The van der Waals surface area contributed by atoms with Crippen LogP contribution >= 0.6 is 0 Å². The predicted molar refractivity (Wildman–Crippen MR) is 102 cm³/mol. The number of nitrogens with zero attached hydrogens (tertiary/aromatic N) is 2. The molecule has 3 saturated heterocycles. The van der Waals surface area contributed by atoms with Crippen LogP contribution in [0.25, 0.3) is 0 Å². The lowest BCUT2D eigenvalue weighted by Gasteiger charge is -2.36. The zero-order chi connectivity index (χ0) is 18.8. The fourth-order valence-corrected chi connectivity index (χ4v) is 4.20. The highest BCUT2D eigenvalue weighted by molar-refractivity contribution is 5.94. The third-order valence-electron chi connectivity index (χ3n) is 5.61. The molecule has 0 N–H and O–H groups in total. The molecule has 4 nitrogen and oxygen atoms in total. The summed E-state index contributed by atoms with van der Waals surface area (Å²) in [5.74, 6) is 1.03. The van der Waals surface area contributed by atoms with Crippen LogP contribution in [0.4, 0.5) is 4.39 Å². The van der Waals surface area contributed by atoms with E-state index in [9.17, 15) is 9.18 Å². The number of halogens is 1. The molecule has 0 radical (unpaired) electrons. The molecule has 142 valence electrons. The first-order valence-corrected chi connectivity index (χ1v) is 9.56. The van der Waals surface area contributed by atoms with Crippen LogP contribution in [0.3, 0.4) is 0 Å². The van der Waals surface area contributed by atoms with Gasteiger partial charge in [0.2, 0.25) is 0 Å². The number of fused-ring (bicyclic) bond motifs is 4. The Morgan fingerprint density at radius 2 is 1.85 bits per heavy atom. The Bertz CT molecular complexity index is 808. The maximum Gasteiger partial charge on any atom is 0.254 e. The van der Waals surface area contributed by atoms with Crippen LogP contribution < -0.4 is 4.74 Å². The van der Waals surface area contributed by atoms with E-state index < -0.39 is 0 Å². The molecular weight excluding hydrogens is 343 g/mol. The van der Waals surface area contributed by atoms with Gasteiger partial charge < -0.3 is 14.5 Å². The average molecular weight is 368 g/mol. The number of rotatable bonds is 4. The third kappa shape index (κ3) is 3.98. The minimum absolute atomic E-state index is 0.0978. The Morgan fingerprint density at radius 3 is 2.63 bits per heavy atom. The number of amides is 1.